The number of hydrogen-bond donors (Lipinski definition) is 1. The van der Waals surface area contributed by atoms with Gasteiger partial charge < -0.3 is 14.6 Å². The number of benzene rings is 2. The summed E-state index contributed by atoms with van der Waals surface area (Å²) in [6.45, 7) is -0.310. The number of aryl methyl sites for hydroxylation is 1. The Labute approximate surface area is 155 Å². The summed E-state index contributed by atoms with van der Waals surface area (Å²) in [6.07, 6.45) is 3.44. The van der Waals surface area contributed by atoms with Crippen molar-refractivity contribution in [1.29, 1.82) is 0 Å². The summed E-state index contributed by atoms with van der Waals surface area (Å²) >= 11 is 5.95. The molecule has 0 saturated carbocycles. The number of amides is 1. The van der Waals surface area contributed by atoms with Crippen LogP contribution in [0.3, 0.4) is 0 Å². The number of carbonyl (C=O) groups is 1. The number of imidazole rings is 1. The SMILES string of the molecule is Cn1ccnc1[C@@H](NC(=O)COc1ccccc1F)c1ccc(Cl)cc1. The first-order valence-corrected chi connectivity index (χ1v) is 8.32. The van der Waals surface area contributed by atoms with Crippen molar-refractivity contribution < 1.29 is 13.9 Å². The number of aromatic nitrogens is 2. The highest BCUT2D eigenvalue weighted by Crippen LogP contribution is 2.22. The van der Waals surface area contributed by atoms with Crippen molar-refractivity contribution in [3.05, 3.63) is 83.2 Å². The van der Waals surface area contributed by atoms with Gasteiger partial charge in [-0.25, -0.2) is 9.37 Å². The van der Waals surface area contributed by atoms with E-state index in [1.807, 2.05) is 23.7 Å². The van der Waals surface area contributed by atoms with Gasteiger partial charge in [-0.2, -0.15) is 0 Å². The number of nitrogens with zero attached hydrogens (tertiary/aromatic N) is 2. The van der Waals surface area contributed by atoms with Crippen molar-refractivity contribution in [2.75, 3.05) is 6.61 Å². The molecule has 7 heteroatoms. The maximum atomic E-state index is 13.6. The Morgan fingerprint density at radius 1 is 1.27 bits per heavy atom. The minimum Gasteiger partial charge on any atom is -0.481 e. The van der Waals surface area contributed by atoms with Gasteiger partial charge in [0.05, 0.1) is 0 Å². The van der Waals surface area contributed by atoms with E-state index in [9.17, 15) is 9.18 Å². The Balaban J connectivity index is 1.75. The van der Waals surface area contributed by atoms with E-state index in [0.29, 0.717) is 10.8 Å². The van der Waals surface area contributed by atoms with Crippen LogP contribution in [0.25, 0.3) is 0 Å². The molecule has 0 unspecified atom stereocenters. The smallest absolute Gasteiger partial charge is 0.258 e. The zero-order valence-electron chi connectivity index (χ0n) is 14.0. The van der Waals surface area contributed by atoms with Gasteiger partial charge in [-0.15, -0.1) is 0 Å². The van der Waals surface area contributed by atoms with Crippen LogP contribution in [-0.2, 0) is 11.8 Å². The highest BCUT2D eigenvalue weighted by atomic mass is 35.5. The van der Waals surface area contributed by atoms with Crippen LogP contribution in [0.15, 0.2) is 60.9 Å². The fraction of sp³-hybridized carbons (Fsp3) is 0.158. The molecule has 2 aromatic carbocycles. The molecule has 3 rings (SSSR count). The molecule has 1 heterocycles. The van der Waals surface area contributed by atoms with Crippen LogP contribution >= 0.6 is 11.6 Å². The minimum atomic E-state index is -0.515. The Morgan fingerprint density at radius 3 is 2.65 bits per heavy atom. The largest absolute Gasteiger partial charge is 0.481 e. The van der Waals surface area contributed by atoms with Gasteiger partial charge in [-0.05, 0) is 29.8 Å². The van der Waals surface area contributed by atoms with Crippen LogP contribution in [0, 0.1) is 5.82 Å². The van der Waals surface area contributed by atoms with Gasteiger partial charge in [0, 0.05) is 24.5 Å². The van der Waals surface area contributed by atoms with Crippen molar-refractivity contribution >= 4 is 17.5 Å². The predicted octanol–water partition coefficient (Wildman–Crippen LogP) is 3.50. The standard InChI is InChI=1S/C19H17ClFN3O2/c1-24-11-10-22-19(24)18(13-6-8-14(20)9-7-13)23-17(25)12-26-16-5-3-2-4-15(16)21/h2-11,18H,12H2,1H3,(H,23,25)/t18-/m0/s1. The van der Waals surface area contributed by atoms with E-state index in [2.05, 4.69) is 10.3 Å². The average Bonchev–Trinajstić information content (AvgIpc) is 3.05. The second-order valence-corrected chi connectivity index (χ2v) is 6.10. The summed E-state index contributed by atoms with van der Waals surface area (Å²) in [5, 5.41) is 3.47. The first-order valence-electron chi connectivity index (χ1n) is 7.94. The zero-order chi connectivity index (χ0) is 18.5. The molecule has 1 amide bonds. The van der Waals surface area contributed by atoms with Crippen LogP contribution in [0.2, 0.25) is 5.02 Å². The third-order valence-corrected chi connectivity index (χ3v) is 4.07. The monoisotopic (exact) mass is 373 g/mol. The van der Waals surface area contributed by atoms with Crippen molar-refractivity contribution in [3.8, 4) is 5.75 Å². The fourth-order valence-corrected chi connectivity index (χ4v) is 2.64. The molecule has 1 aromatic heterocycles. The topological polar surface area (TPSA) is 56.2 Å². The third-order valence-electron chi connectivity index (χ3n) is 3.82. The molecule has 0 aliphatic rings. The maximum Gasteiger partial charge on any atom is 0.258 e. The lowest BCUT2D eigenvalue weighted by Crippen LogP contribution is -2.34. The maximum absolute atomic E-state index is 13.6. The van der Waals surface area contributed by atoms with Crippen LogP contribution in [0.4, 0.5) is 4.39 Å². The quantitative estimate of drug-likeness (QED) is 0.719. The summed E-state index contributed by atoms with van der Waals surface area (Å²) in [4.78, 5) is 16.7. The van der Waals surface area contributed by atoms with E-state index in [1.54, 1.807) is 36.7 Å². The Morgan fingerprint density at radius 2 is 2.00 bits per heavy atom. The molecule has 26 heavy (non-hydrogen) atoms. The molecule has 0 fully saturated rings. The molecule has 5 nitrogen and oxygen atoms in total. The van der Waals surface area contributed by atoms with Crippen LogP contribution < -0.4 is 10.1 Å². The first kappa shape index (κ1) is 17.9. The van der Waals surface area contributed by atoms with Crippen LogP contribution in [0.1, 0.15) is 17.4 Å². The average molecular weight is 374 g/mol. The van der Waals surface area contributed by atoms with Crippen LogP contribution in [-0.4, -0.2) is 22.1 Å². The van der Waals surface area contributed by atoms with E-state index in [1.165, 1.54) is 12.1 Å². The van der Waals surface area contributed by atoms with E-state index in [4.69, 9.17) is 16.3 Å². The summed E-state index contributed by atoms with van der Waals surface area (Å²) in [5.41, 5.74) is 0.822. The minimum absolute atomic E-state index is 0.0303. The van der Waals surface area contributed by atoms with E-state index in [-0.39, 0.29) is 12.4 Å². The van der Waals surface area contributed by atoms with Crippen molar-refractivity contribution in [3.63, 3.8) is 0 Å². The second-order valence-electron chi connectivity index (χ2n) is 5.67. The number of hydrogen-bond acceptors (Lipinski definition) is 3. The Hall–Kier alpha value is -2.86. The van der Waals surface area contributed by atoms with E-state index < -0.39 is 17.8 Å². The Kier molecular flexibility index (Phi) is 5.53. The van der Waals surface area contributed by atoms with Gasteiger partial charge in [-0.3, -0.25) is 4.79 Å². The molecule has 0 bridgehead atoms. The molecular weight excluding hydrogens is 357 g/mol. The zero-order valence-corrected chi connectivity index (χ0v) is 14.8. The molecular formula is C19H17ClFN3O2. The molecule has 0 aliphatic carbocycles. The van der Waals surface area contributed by atoms with Crippen molar-refractivity contribution in [2.45, 2.75) is 6.04 Å². The highest BCUT2D eigenvalue weighted by Gasteiger charge is 2.21. The summed E-state index contributed by atoms with van der Waals surface area (Å²) < 4.78 is 20.7. The molecule has 0 saturated heterocycles. The number of ether oxygens (including phenoxy) is 1. The van der Waals surface area contributed by atoms with Crippen molar-refractivity contribution in [2.24, 2.45) is 7.05 Å². The molecule has 1 atom stereocenters. The summed E-state index contributed by atoms with van der Waals surface area (Å²) in [5.74, 6) is -0.218. The van der Waals surface area contributed by atoms with Gasteiger partial charge in [0.25, 0.3) is 5.91 Å². The van der Waals surface area contributed by atoms with Gasteiger partial charge in [-0.1, -0.05) is 35.9 Å². The number of nitrogens with one attached hydrogen (secondary N) is 1. The van der Waals surface area contributed by atoms with E-state index in [0.717, 1.165) is 5.56 Å². The molecule has 0 aliphatic heterocycles. The number of para-hydroxylation sites is 1. The lowest BCUT2D eigenvalue weighted by Gasteiger charge is -2.19. The number of rotatable bonds is 6. The number of halogens is 2. The molecule has 134 valence electrons. The Bertz CT molecular complexity index is 896. The van der Waals surface area contributed by atoms with Gasteiger partial charge >= 0.3 is 0 Å². The van der Waals surface area contributed by atoms with Crippen molar-refractivity contribution in [1.82, 2.24) is 14.9 Å². The molecule has 1 N–H and O–H groups in total. The van der Waals surface area contributed by atoms with Crippen LogP contribution in [0.5, 0.6) is 5.75 Å². The second kappa shape index (κ2) is 8.01. The fourth-order valence-electron chi connectivity index (χ4n) is 2.52. The molecule has 0 spiro atoms. The highest BCUT2D eigenvalue weighted by molar-refractivity contribution is 6.30. The van der Waals surface area contributed by atoms with Gasteiger partial charge in [0.2, 0.25) is 0 Å². The van der Waals surface area contributed by atoms with Gasteiger partial charge in [0.1, 0.15) is 11.9 Å². The number of carbonyl (C=O) groups excluding carboxylic acids is 1. The molecule has 3 aromatic rings. The van der Waals surface area contributed by atoms with Gasteiger partial charge in [0.15, 0.2) is 18.2 Å². The van der Waals surface area contributed by atoms with E-state index >= 15 is 0 Å². The predicted molar refractivity (Wildman–Crippen MR) is 96.5 cm³/mol. The summed E-state index contributed by atoms with van der Waals surface area (Å²) in [6, 6.07) is 12.6. The summed E-state index contributed by atoms with van der Waals surface area (Å²) in [7, 11) is 1.84. The third kappa shape index (κ3) is 4.21. The normalized spacial score (nSPS) is 11.8. The molecule has 0 radical (unpaired) electrons. The first-order chi connectivity index (χ1) is 12.5. The lowest BCUT2D eigenvalue weighted by atomic mass is 10.1. The lowest BCUT2D eigenvalue weighted by molar-refractivity contribution is -0.123.